The first-order chi connectivity index (χ1) is 8.10. The maximum Gasteiger partial charge on any atom is 0.141 e. The summed E-state index contributed by atoms with van der Waals surface area (Å²) in [5.41, 5.74) is 6.40. The Morgan fingerprint density at radius 3 is 2.29 bits per heavy atom. The highest BCUT2D eigenvalue weighted by atomic mass is 35.5. The van der Waals surface area contributed by atoms with E-state index in [1.807, 2.05) is 20.8 Å². The molecule has 1 aromatic rings. The van der Waals surface area contributed by atoms with Crippen molar-refractivity contribution in [1.29, 1.82) is 0 Å². The summed E-state index contributed by atoms with van der Waals surface area (Å²) in [7, 11) is 0. The molecule has 2 N–H and O–H groups in total. The molecule has 0 amide bonds. The molecule has 0 aliphatic carbocycles. The molecular formula is C13H19Cl2NO. The van der Waals surface area contributed by atoms with Gasteiger partial charge >= 0.3 is 0 Å². The predicted octanol–water partition coefficient (Wildman–Crippen LogP) is 4.04. The van der Waals surface area contributed by atoms with Crippen LogP contribution in [0.3, 0.4) is 0 Å². The Labute approximate surface area is 113 Å². The Kier molecular flexibility index (Phi) is 8.23. The van der Waals surface area contributed by atoms with Gasteiger partial charge < -0.3 is 5.73 Å². The fraction of sp³-hybridized carbons (Fsp3) is 0.462. The highest BCUT2D eigenvalue weighted by Gasteiger charge is 2.17. The van der Waals surface area contributed by atoms with Crippen molar-refractivity contribution in [3.05, 3.63) is 33.8 Å². The van der Waals surface area contributed by atoms with Gasteiger partial charge in [-0.15, -0.1) is 0 Å². The summed E-state index contributed by atoms with van der Waals surface area (Å²) in [5.74, 6) is -0.152. The van der Waals surface area contributed by atoms with Gasteiger partial charge in [-0.2, -0.15) is 0 Å². The molecular weight excluding hydrogens is 257 g/mol. The number of ketones is 1. The van der Waals surface area contributed by atoms with Gasteiger partial charge in [-0.3, -0.25) is 4.79 Å². The fourth-order valence-corrected chi connectivity index (χ4v) is 1.74. The maximum atomic E-state index is 11.6. The second-order valence-electron chi connectivity index (χ2n) is 3.28. The zero-order valence-corrected chi connectivity index (χ0v) is 12.0. The van der Waals surface area contributed by atoms with Crippen LogP contribution in [0.5, 0.6) is 0 Å². The highest BCUT2D eigenvalue weighted by molar-refractivity contribution is 6.42. The number of rotatable bonds is 4. The Morgan fingerprint density at radius 2 is 1.88 bits per heavy atom. The molecule has 0 bridgehead atoms. The Bertz CT molecular complexity index is 366. The number of halogens is 2. The minimum Gasteiger partial charge on any atom is -0.329 e. The van der Waals surface area contributed by atoms with E-state index in [9.17, 15) is 4.79 Å². The number of hydrogen-bond acceptors (Lipinski definition) is 2. The van der Waals surface area contributed by atoms with Crippen LogP contribution in [0.2, 0.25) is 10.0 Å². The van der Waals surface area contributed by atoms with Gasteiger partial charge in [-0.25, -0.2) is 0 Å². The van der Waals surface area contributed by atoms with E-state index in [1.165, 1.54) is 0 Å². The van der Waals surface area contributed by atoms with Crippen LogP contribution >= 0.6 is 23.2 Å². The molecule has 1 unspecified atom stereocenters. The third kappa shape index (κ3) is 4.66. The van der Waals surface area contributed by atoms with Gasteiger partial charge in [0.05, 0.1) is 16.0 Å². The van der Waals surface area contributed by atoms with Gasteiger partial charge in [0.1, 0.15) is 5.78 Å². The molecule has 0 radical (unpaired) electrons. The van der Waals surface area contributed by atoms with E-state index in [4.69, 9.17) is 28.9 Å². The standard InChI is InChI=1S/C11H13Cl2NO.C2H6/c1-2-11(15)8(6-14)7-3-4-9(12)10(13)5-7;1-2/h3-5,8H,2,6,14H2,1H3;1-2H3. The summed E-state index contributed by atoms with van der Waals surface area (Å²) < 4.78 is 0. The summed E-state index contributed by atoms with van der Waals surface area (Å²) >= 11 is 11.7. The quantitative estimate of drug-likeness (QED) is 0.901. The molecule has 0 fully saturated rings. The van der Waals surface area contributed by atoms with Crippen molar-refractivity contribution in [2.45, 2.75) is 33.1 Å². The third-order valence-corrected chi connectivity index (χ3v) is 3.06. The Balaban J connectivity index is 0.00000121. The Morgan fingerprint density at radius 1 is 1.29 bits per heavy atom. The monoisotopic (exact) mass is 275 g/mol. The van der Waals surface area contributed by atoms with Gasteiger partial charge in [-0.1, -0.05) is 50.0 Å². The number of carbonyl (C=O) groups excluding carboxylic acids is 1. The lowest BCUT2D eigenvalue weighted by Gasteiger charge is -2.13. The van der Waals surface area contributed by atoms with E-state index in [-0.39, 0.29) is 11.7 Å². The van der Waals surface area contributed by atoms with Crippen molar-refractivity contribution in [1.82, 2.24) is 0 Å². The molecule has 96 valence electrons. The topological polar surface area (TPSA) is 43.1 Å². The average Bonchev–Trinajstić information content (AvgIpc) is 2.36. The van der Waals surface area contributed by atoms with E-state index in [0.29, 0.717) is 23.0 Å². The van der Waals surface area contributed by atoms with Crippen molar-refractivity contribution in [3.8, 4) is 0 Å². The van der Waals surface area contributed by atoms with Gasteiger partial charge in [-0.05, 0) is 17.7 Å². The zero-order valence-electron chi connectivity index (χ0n) is 10.5. The molecule has 2 nitrogen and oxygen atoms in total. The lowest BCUT2D eigenvalue weighted by molar-refractivity contribution is -0.120. The minimum atomic E-state index is -0.273. The van der Waals surface area contributed by atoms with Crippen molar-refractivity contribution in [2.75, 3.05) is 6.54 Å². The maximum absolute atomic E-state index is 11.6. The van der Waals surface area contributed by atoms with Gasteiger partial charge in [0.15, 0.2) is 0 Å². The van der Waals surface area contributed by atoms with Gasteiger partial charge in [0, 0.05) is 13.0 Å². The van der Waals surface area contributed by atoms with Crippen LogP contribution in [0.1, 0.15) is 38.7 Å². The molecule has 1 atom stereocenters. The van der Waals surface area contributed by atoms with Crippen molar-refractivity contribution >= 4 is 29.0 Å². The SMILES string of the molecule is CC.CCC(=O)C(CN)c1ccc(Cl)c(Cl)c1. The van der Waals surface area contributed by atoms with Crippen molar-refractivity contribution in [3.63, 3.8) is 0 Å². The van der Waals surface area contributed by atoms with Gasteiger partial charge in [0.25, 0.3) is 0 Å². The number of nitrogens with two attached hydrogens (primary N) is 1. The Hall–Kier alpha value is -0.570. The fourth-order valence-electron chi connectivity index (χ4n) is 1.43. The molecule has 0 aliphatic rings. The minimum absolute atomic E-state index is 0.121. The first kappa shape index (κ1) is 16.4. The first-order valence-electron chi connectivity index (χ1n) is 5.77. The second kappa shape index (κ2) is 8.51. The molecule has 0 aromatic heterocycles. The van der Waals surface area contributed by atoms with Crippen molar-refractivity contribution in [2.24, 2.45) is 5.73 Å². The molecule has 17 heavy (non-hydrogen) atoms. The predicted molar refractivity (Wildman–Crippen MR) is 74.9 cm³/mol. The van der Waals surface area contributed by atoms with Crippen LogP contribution in [0, 0.1) is 0 Å². The van der Waals surface area contributed by atoms with Crippen LogP contribution in [0.25, 0.3) is 0 Å². The molecule has 0 spiro atoms. The number of Topliss-reactive ketones (excluding diaryl/α,β-unsaturated/α-hetero) is 1. The number of hydrogen-bond donors (Lipinski definition) is 1. The van der Waals surface area contributed by atoms with Gasteiger partial charge in [0.2, 0.25) is 0 Å². The summed E-state index contributed by atoms with van der Waals surface area (Å²) in [5, 5.41) is 0.941. The number of benzene rings is 1. The van der Waals surface area contributed by atoms with E-state index >= 15 is 0 Å². The second-order valence-corrected chi connectivity index (χ2v) is 4.10. The molecule has 1 rings (SSSR count). The lowest BCUT2D eigenvalue weighted by Crippen LogP contribution is -2.20. The van der Waals surface area contributed by atoms with Crippen LogP contribution in [0.15, 0.2) is 18.2 Å². The largest absolute Gasteiger partial charge is 0.329 e. The molecule has 0 saturated heterocycles. The lowest BCUT2D eigenvalue weighted by atomic mass is 9.93. The van der Waals surface area contributed by atoms with Crippen LogP contribution < -0.4 is 5.73 Å². The third-order valence-electron chi connectivity index (χ3n) is 2.32. The average molecular weight is 276 g/mol. The zero-order chi connectivity index (χ0) is 13.4. The van der Waals surface area contributed by atoms with Crippen LogP contribution in [0.4, 0.5) is 0 Å². The summed E-state index contributed by atoms with van der Waals surface area (Å²) in [6, 6.07) is 5.18. The molecule has 0 aliphatic heterocycles. The summed E-state index contributed by atoms with van der Waals surface area (Å²) in [6.07, 6.45) is 0.474. The summed E-state index contributed by atoms with van der Waals surface area (Å²) in [4.78, 5) is 11.6. The van der Waals surface area contributed by atoms with Crippen molar-refractivity contribution < 1.29 is 4.79 Å². The molecule has 4 heteroatoms. The number of carbonyl (C=O) groups is 1. The highest BCUT2D eigenvalue weighted by Crippen LogP contribution is 2.27. The van der Waals surface area contributed by atoms with E-state index in [1.54, 1.807) is 18.2 Å². The first-order valence-corrected chi connectivity index (χ1v) is 6.53. The van der Waals surface area contributed by atoms with E-state index in [0.717, 1.165) is 5.56 Å². The van der Waals surface area contributed by atoms with Crippen LogP contribution in [-0.4, -0.2) is 12.3 Å². The normalized spacial score (nSPS) is 11.4. The smallest absolute Gasteiger partial charge is 0.141 e. The van der Waals surface area contributed by atoms with E-state index in [2.05, 4.69) is 0 Å². The van der Waals surface area contributed by atoms with E-state index < -0.39 is 0 Å². The molecule has 0 saturated carbocycles. The molecule has 0 heterocycles. The summed E-state index contributed by atoms with van der Waals surface area (Å²) in [6.45, 7) is 6.12. The molecule has 1 aromatic carbocycles. The van der Waals surface area contributed by atoms with Crippen LogP contribution in [-0.2, 0) is 4.79 Å².